The third-order valence-electron chi connectivity index (χ3n) is 4.34. The Morgan fingerprint density at radius 1 is 0.765 bits per heavy atom. The molecule has 0 rings (SSSR count). The zero-order valence-corrected chi connectivity index (χ0v) is 22.4. The van der Waals surface area contributed by atoms with Crippen LogP contribution < -0.4 is 5.32 Å². The van der Waals surface area contributed by atoms with E-state index in [1.54, 1.807) is 20.8 Å². The van der Waals surface area contributed by atoms with Gasteiger partial charge in [-0.3, -0.25) is 4.79 Å². The molecule has 0 heterocycles. The number of hydrogen-bond acceptors (Lipinski definition) is 4. The topological polar surface area (TPSA) is 55.4 Å². The summed E-state index contributed by atoms with van der Waals surface area (Å²) in [5.74, 6) is -0.421. The molecule has 0 aliphatic carbocycles. The molecule has 34 heavy (non-hydrogen) atoms. The van der Waals surface area contributed by atoms with Crippen LogP contribution in [0.2, 0.25) is 0 Å². The van der Waals surface area contributed by atoms with Crippen LogP contribution in [0, 0.1) is 0 Å². The predicted molar refractivity (Wildman–Crippen MR) is 149 cm³/mol. The number of allylic oxidation sites excluding steroid dienone is 12. The summed E-state index contributed by atoms with van der Waals surface area (Å²) >= 11 is 4.14. The lowest BCUT2D eigenvalue weighted by Gasteiger charge is -2.23. The highest BCUT2D eigenvalue weighted by molar-refractivity contribution is 7.80. The zero-order chi connectivity index (χ0) is 25.5. The molecule has 0 unspecified atom stereocenters. The van der Waals surface area contributed by atoms with Crippen LogP contribution in [0.5, 0.6) is 0 Å². The molecule has 1 N–H and O–H groups in total. The molecule has 0 bridgehead atoms. The van der Waals surface area contributed by atoms with Gasteiger partial charge in [0.05, 0.1) is 0 Å². The van der Waals surface area contributed by atoms with Crippen molar-refractivity contribution < 1.29 is 14.3 Å². The summed E-state index contributed by atoms with van der Waals surface area (Å²) in [5, 5.41) is 2.69. The van der Waals surface area contributed by atoms with Gasteiger partial charge in [0, 0.05) is 12.2 Å². The van der Waals surface area contributed by atoms with Gasteiger partial charge in [-0.1, -0.05) is 79.8 Å². The molecule has 0 aliphatic rings. The molecule has 1 atom stereocenters. The Hall–Kier alpha value is -2.27. The summed E-state index contributed by atoms with van der Waals surface area (Å²) in [4.78, 5) is 24.1. The molecule has 0 aromatic heterocycles. The number of ether oxygens (including phenoxy) is 1. The SMILES string of the molecule is CC/C=C\C/C=C\C/C=C\C/C=C\C/C=C\C/C=C\CCC(=O)N[C@@H](CS)C(=O)OC(C)(C)C. The minimum Gasteiger partial charge on any atom is -0.458 e. The van der Waals surface area contributed by atoms with Gasteiger partial charge < -0.3 is 10.1 Å². The summed E-state index contributed by atoms with van der Waals surface area (Å²) in [6, 6.07) is -0.722. The first kappa shape index (κ1) is 31.7. The highest BCUT2D eigenvalue weighted by Crippen LogP contribution is 2.09. The largest absolute Gasteiger partial charge is 0.458 e. The molecular formula is C29H45NO3S. The summed E-state index contributed by atoms with van der Waals surface area (Å²) in [6.45, 7) is 7.53. The molecule has 0 aliphatic heterocycles. The first-order chi connectivity index (χ1) is 16.3. The second-order valence-corrected chi connectivity index (χ2v) is 9.16. The summed E-state index contributed by atoms with van der Waals surface area (Å²) in [5.41, 5.74) is -0.588. The van der Waals surface area contributed by atoms with E-state index in [0.717, 1.165) is 38.5 Å². The maximum atomic E-state index is 12.1. The Kier molecular flexibility index (Phi) is 19.9. The third kappa shape index (κ3) is 21.6. The molecule has 1 amide bonds. The van der Waals surface area contributed by atoms with Crippen LogP contribution in [0.25, 0.3) is 0 Å². The van der Waals surface area contributed by atoms with E-state index in [2.05, 4.69) is 85.6 Å². The van der Waals surface area contributed by atoms with Crippen molar-refractivity contribution in [3.8, 4) is 0 Å². The molecule has 0 aromatic rings. The lowest BCUT2D eigenvalue weighted by molar-refractivity contribution is -0.157. The van der Waals surface area contributed by atoms with Gasteiger partial charge in [0.2, 0.25) is 5.91 Å². The van der Waals surface area contributed by atoms with Crippen LogP contribution in [0.1, 0.15) is 79.1 Å². The summed E-state index contributed by atoms with van der Waals surface area (Å²) in [6.07, 6.45) is 32.6. The van der Waals surface area contributed by atoms with Crippen molar-refractivity contribution in [3.63, 3.8) is 0 Å². The Bertz CT molecular complexity index is 724. The summed E-state index contributed by atoms with van der Waals surface area (Å²) < 4.78 is 5.30. The van der Waals surface area contributed by atoms with E-state index in [9.17, 15) is 9.59 Å². The van der Waals surface area contributed by atoms with Crippen molar-refractivity contribution in [2.75, 3.05) is 5.75 Å². The normalized spacial score (nSPS) is 13.9. The van der Waals surface area contributed by atoms with Gasteiger partial charge in [0.25, 0.3) is 0 Å². The van der Waals surface area contributed by atoms with E-state index in [1.807, 2.05) is 12.2 Å². The second kappa shape index (κ2) is 21.3. The van der Waals surface area contributed by atoms with E-state index in [-0.39, 0.29) is 11.7 Å². The van der Waals surface area contributed by atoms with Crippen molar-refractivity contribution in [2.24, 2.45) is 0 Å². The summed E-state index contributed by atoms with van der Waals surface area (Å²) in [7, 11) is 0. The molecule has 0 radical (unpaired) electrons. The van der Waals surface area contributed by atoms with E-state index in [0.29, 0.717) is 12.8 Å². The maximum absolute atomic E-state index is 12.1. The number of carbonyl (C=O) groups excluding carboxylic acids is 2. The lowest BCUT2D eigenvalue weighted by Crippen LogP contribution is -2.45. The van der Waals surface area contributed by atoms with E-state index in [4.69, 9.17) is 4.74 Å². The number of carbonyl (C=O) groups is 2. The van der Waals surface area contributed by atoms with Crippen molar-refractivity contribution in [1.82, 2.24) is 5.32 Å². The van der Waals surface area contributed by atoms with Gasteiger partial charge in [-0.25, -0.2) is 4.79 Å². The molecule has 4 nitrogen and oxygen atoms in total. The van der Waals surface area contributed by atoms with Crippen LogP contribution in [0.3, 0.4) is 0 Å². The smallest absolute Gasteiger partial charge is 0.330 e. The minimum absolute atomic E-state index is 0.176. The highest BCUT2D eigenvalue weighted by atomic mass is 32.1. The molecule has 0 aromatic carbocycles. The number of hydrogen-bond donors (Lipinski definition) is 2. The monoisotopic (exact) mass is 487 g/mol. The molecule has 0 saturated heterocycles. The Morgan fingerprint density at radius 2 is 1.18 bits per heavy atom. The first-order valence-electron chi connectivity index (χ1n) is 12.3. The van der Waals surface area contributed by atoms with Gasteiger partial charge >= 0.3 is 5.97 Å². The molecule has 5 heteroatoms. The van der Waals surface area contributed by atoms with Crippen LogP contribution in [-0.2, 0) is 14.3 Å². The number of nitrogens with one attached hydrogen (secondary N) is 1. The first-order valence-corrected chi connectivity index (χ1v) is 13.0. The molecular weight excluding hydrogens is 442 g/mol. The van der Waals surface area contributed by atoms with Crippen molar-refractivity contribution in [3.05, 3.63) is 72.9 Å². The van der Waals surface area contributed by atoms with Gasteiger partial charge in [-0.15, -0.1) is 0 Å². The predicted octanol–water partition coefficient (Wildman–Crippen LogP) is 7.22. The maximum Gasteiger partial charge on any atom is 0.330 e. The fourth-order valence-electron chi connectivity index (χ4n) is 2.67. The van der Waals surface area contributed by atoms with Gasteiger partial charge in [-0.05, 0) is 65.7 Å². The van der Waals surface area contributed by atoms with E-state index < -0.39 is 17.6 Å². The minimum atomic E-state index is -0.722. The molecule has 0 spiro atoms. The number of amides is 1. The number of esters is 1. The molecule has 190 valence electrons. The van der Waals surface area contributed by atoms with Gasteiger partial charge in [-0.2, -0.15) is 12.6 Å². The lowest BCUT2D eigenvalue weighted by atomic mass is 10.2. The standard InChI is InChI=1S/C29H45NO3S/c1-5-6-7-8-9-10-11-12-13-14-15-16-17-18-19-20-21-22-23-24-27(31)30-26(25-34)28(32)33-29(2,3)4/h6-7,9-10,12-13,15-16,18-19,21-22,26,34H,5,8,11,14,17,20,23-25H2,1-4H3,(H,30,31)/b7-6-,10-9-,13-12-,16-15-,19-18-,22-21-/t26-/m0/s1. The quantitative estimate of drug-likeness (QED) is 0.129. The fourth-order valence-corrected chi connectivity index (χ4v) is 2.91. The average Bonchev–Trinajstić information content (AvgIpc) is 2.77. The van der Waals surface area contributed by atoms with Crippen molar-refractivity contribution >= 4 is 24.5 Å². The Balaban J connectivity index is 3.88. The van der Waals surface area contributed by atoms with E-state index in [1.165, 1.54) is 0 Å². The second-order valence-electron chi connectivity index (χ2n) is 8.79. The van der Waals surface area contributed by atoms with Crippen LogP contribution in [0.15, 0.2) is 72.9 Å². The Labute approximate surface area is 213 Å². The van der Waals surface area contributed by atoms with Gasteiger partial charge in [0.1, 0.15) is 11.6 Å². The van der Waals surface area contributed by atoms with Crippen LogP contribution >= 0.6 is 12.6 Å². The Morgan fingerprint density at radius 3 is 1.56 bits per heavy atom. The number of rotatable bonds is 17. The molecule has 0 saturated carbocycles. The van der Waals surface area contributed by atoms with Crippen molar-refractivity contribution in [1.29, 1.82) is 0 Å². The highest BCUT2D eigenvalue weighted by Gasteiger charge is 2.25. The zero-order valence-electron chi connectivity index (χ0n) is 21.5. The van der Waals surface area contributed by atoms with Gasteiger partial charge in [0.15, 0.2) is 0 Å². The van der Waals surface area contributed by atoms with Crippen LogP contribution in [-0.4, -0.2) is 29.3 Å². The van der Waals surface area contributed by atoms with Crippen LogP contribution in [0.4, 0.5) is 0 Å². The van der Waals surface area contributed by atoms with E-state index >= 15 is 0 Å². The third-order valence-corrected chi connectivity index (χ3v) is 4.71. The molecule has 0 fully saturated rings. The van der Waals surface area contributed by atoms with Crippen molar-refractivity contribution in [2.45, 2.75) is 90.7 Å². The number of thiol groups is 1. The average molecular weight is 488 g/mol. The fraction of sp³-hybridized carbons (Fsp3) is 0.517.